The Morgan fingerprint density at radius 1 is 1.42 bits per heavy atom. The molecule has 0 aromatic heterocycles. The summed E-state index contributed by atoms with van der Waals surface area (Å²) >= 11 is 0. The lowest BCUT2D eigenvalue weighted by Crippen LogP contribution is -2.42. The lowest BCUT2D eigenvalue weighted by molar-refractivity contribution is 0.0762. The highest BCUT2D eigenvalue weighted by Gasteiger charge is 2.42. The summed E-state index contributed by atoms with van der Waals surface area (Å²) in [5.41, 5.74) is 2.38. The fourth-order valence-corrected chi connectivity index (χ4v) is 3.29. The van der Waals surface area contributed by atoms with Gasteiger partial charge in [-0.3, -0.25) is 4.90 Å². The summed E-state index contributed by atoms with van der Waals surface area (Å²) in [4.78, 5) is 13.6. The minimum absolute atomic E-state index is 0.00560. The molecule has 0 spiro atoms. The SMILES string of the molecule is CC1c2cccc(C(C)(C)O)c2C[C@@H]2COC(=O)N12. The van der Waals surface area contributed by atoms with Crippen LogP contribution in [0.2, 0.25) is 0 Å². The van der Waals surface area contributed by atoms with Crippen molar-refractivity contribution in [2.24, 2.45) is 0 Å². The van der Waals surface area contributed by atoms with Gasteiger partial charge in [-0.2, -0.15) is 0 Å². The number of ether oxygens (including phenoxy) is 1. The highest BCUT2D eigenvalue weighted by Crippen LogP contribution is 2.39. The number of fused-ring (bicyclic) bond motifs is 2. The molecule has 2 aliphatic heterocycles. The molecular formula is C15H19NO3. The van der Waals surface area contributed by atoms with E-state index < -0.39 is 5.60 Å². The third-order valence-electron chi connectivity index (χ3n) is 4.18. The Balaban J connectivity index is 2.12. The average molecular weight is 261 g/mol. The molecule has 1 aromatic carbocycles. The monoisotopic (exact) mass is 261 g/mol. The third-order valence-corrected chi connectivity index (χ3v) is 4.18. The molecule has 0 bridgehead atoms. The van der Waals surface area contributed by atoms with E-state index in [0.29, 0.717) is 6.61 Å². The molecule has 1 aromatic rings. The van der Waals surface area contributed by atoms with Crippen LogP contribution in [0.5, 0.6) is 0 Å². The molecule has 1 N–H and O–H groups in total. The Hall–Kier alpha value is -1.55. The summed E-state index contributed by atoms with van der Waals surface area (Å²) in [7, 11) is 0. The van der Waals surface area contributed by atoms with Crippen LogP contribution in [0.4, 0.5) is 4.79 Å². The molecule has 4 heteroatoms. The minimum atomic E-state index is -0.864. The summed E-state index contributed by atoms with van der Waals surface area (Å²) < 4.78 is 5.15. The second-order valence-electron chi connectivity index (χ2n) is 5.95. The molecule has 4 nitrogen and oxygen atoms in total. The van der Waals surface area contributed by atoms with E-state index in [1.807, 2.05) is 30.0 Å². The molecule has 3 rings (SSSR count). The number of nitrogens with zero attached hydrogens (tertiary/aromatic N) is 1. The van der Waals surface area contributed by atoms with Gasteiger partial charge in [-0.15, -0.1) is 0 Å². The van der Waals surface area contributed by atoms with Crippen molar-refractivity contribution in [3.8, 4) is 0 Å². The van der Waals surface area contributed by atoms with E-state index >= 15 is 0 Å². The predicted molar refractivity (Wildman–Crippen MR) is 70.8 cm³/mol. The number of benzene rings is 1. The minimum Gasteiger partial charge on any atom is -0.447 e. The van der Waals surface area contributed by atoms with Crippen molar-refractivity contribution < 1.29 is 14.6 Å². The Morgan fingerprint density at radius 3 is 2.84 bits per heavy atom. The van der Waals surface area contributed by atoms with Gasteiger partial charge >= 0.3 is 6.09 Å². The standard InChI is InChI=1S/C15H19NO3/c1-9-11-5-4-6-13(15(2,3)18)12(11)7-10-8-19-14(17)16(9)10/h4-6,9-10,18H,7-8H2,1-3H3/t9?,10-/m1/s1. The fraction of sp³-hybridized carbons (Fsp3) is 0.533. The number of cyclic esters (lactones) is 1. The predicted octanol–water partition coefficient (Wildman–Crippen LogP) is 2.35. The number of hydrogen-bond acceptors (Lipinski definition) is 3. The van der Waals surface area contributed by atoms with E-state index in [1.165, 1.54) is 5.56 Å². The quantitative estimate of drug-likeness (QED) is 0.844. The van der Waals surface area contributed by atoms with Gasteiger partial charge < -0.3 is 9.84 Å². The number of hydrogen-bond donors (Lipinski definition) is 1. The maximum atomic E-state index is 11.8. The van der Waals surface area contributed by atoms with E-state index in [0.717, 1.165) is 17.5 Å². The van der Waals surface area contributed by atoms with Gasteiger partial charge in [-0.1, -0.05) is 18.2 Å². The first-order valence-electron chi connectivity index (χ1n) is 6.69. The zero-order valence-corrected chi connectivity index (χ0v) is 11.5. The molecule has 19 heavy (non-hydrogen) atoms. The summed E-state index contributed by atoms with van der Waals surface area (Å²) in [5.74, 6) is 0. The maximum Gasteiger partial charge on any atom is 0.410 e. The number of aliphatic hydroxyl groups is 1. The number of carbonyl (C=O) groups excluding carboxylic acids is 1. The molecule has 2 heterocycles. The summed E-state index contributed by atoms with van der Waals surface area (Å²) in [6.07, 6.45) is 0.530. The average Bonchev–Trinajstić information content (AvgIpc) is 2.69. The fourth-order valence-electron chi connectivity index (χ4n) is 3.29. The zero-order chi connectivity index (χ0) is 13.8. The van der Waals surface area contributed by atoms with Crippen LogP contribution in [-0.2, 0) is 16.8 Å². The summed E-state index contributed by atoms with van der Waals surface area (Å²) in [6.45, 7) is 6.07. The molecule has 1 amide bonds. The van der Waals surface area contributed by atoms with Crippen molar-refractivity contribution in [1.82, 2.24) is 4.90 Å². The normalized spacial score (nSPS) is 25.9. The highest BCUT2D eigenvalue weighted by atomic mass is 16.6. The smallest absolute Gasteiger partial charge is 0.410 e. The topological polar surface area (TPSA) is 49.8 Å². The zero-order valence-electron chi connectivity index (χ0n) is 11.5. The van der Waals surface area contributed by atoms with Gasteiger partial charge in [0.2, 0.25) is 0 Å². The van der Waals surface area contributed by atoms with Crippen molar-refractivity contribution in [1.29, 1.82) is 0 Å². The van der Waals surface area contributed by atoms with Crippen LogP contribution in [0.25, 0.3) is 0 Å². The molecule has 1 fully saturated rings. The van der Waals surface area contributed by atoms with E-state index in [4.69, 9.17) is 4.74 Å². The van der Waals surface area contributed by atoms with Crippen molar-refractivity contribution >= 4 is 6.09 Å². The Kier molecular flexibility index (Phi) is 2.61. The molecule has 0 radical (unpaired) electrons. The summed E-state index contributed by atoms with van der Waals surface area (Å²) in [6, 6.07) is 6.06. The van der Waals surface area contributed by atoms with Gasteiger partial charge in [0, 0.05) is 0 Å². The van der Waals surface area contributed by atoms with Crippen LogP contribution < -0.4 is 0 Å². The summed E-state index contributed by atoms with van der Waals surface area (Å²) in [5, 5.41) is 10.3. The van der Waals surface area contributed by atoms with Gasteiger partial charge in [-0.25, -0.2) is 4.79 Å². The van der Waals surface area contributed by atoms with Crippen molar-refractivity contribution in [3.05, 3.63) is 34.9 Å². The van der Waals surface area contributed by atoms with Crippen LogP contribution in [-0.4, -0.2) is 28.7 Å². The Morgan fingerprint density at radius 2 is 2.16 bits per heavy atom. The molecule has 1 unspecified atom stereocenters. The number of amides is 1. The Labute approximate surface area is 113 Å². The molecule has 2 aliphatic rings. The van der Waals surface area contributed by atoms with E-state index in [9.17, 15) is 9.90 Å². The van der Waals surface area contributed by atoms with E-state index in [-0.39, 0.29) is 18.2 Å². The van der Waals surface area contributed by atoms with Crippen molar-refractivity contribution in [2.75, 3.05) is 6.61 Å². The second kappa shape index (κ2) is 3.97. The van der Waals surface area contributed by atoms with Crippen LogP contribution in [0.3, 0.4) is 0 Å². The van der Waals surface area contributed by atoms with Crippen molar-refractivity contribution in [3.63, 3.8) is 0 Å². The Bertz CT molecular complexity index is 533. The highest BCUT2D eigenvalue weighted by molar-refractivity contribution is 5.72. The molecule has 1 saturated heterocycles. The first-order valence-corrected chi connectivity index (χ1v) is 6.69. The molecule has 102 valence electrons. The second-order valence-corrected chi connectivity index (χ2v) is 5.95. The van der Waals surface area contributed by atoms with Gasteiger partial charge in [0.15, 0.2) is 0 Å². The maximum absolute atomic E-state index is 11.8. The van der Waals surface area contributed by atoms with Gasteiger partial charge in [-0.05, 0) is 43.9 Å². The molecule has 0 aliphatic carbocycles. The molecule has 2 atom stereocenters. The van der Waals surface area contributed by atoms with Crippen LogP contribution in [0.15, 0.2) is 18.2 Å². The largest absolute Gasteiger partial charge is 0.447 e. The number of rotatable bonds is 1. The number of carbonyl (C=O) groups is 1. The molecular weight excluding hydrogens is 242 g/mol. The lowest BCUT2D eigenvalue weighted by atomic mass is 9.82. The van der Waals surface area contributed by atoms with Crippen LogP contribution in [0.1, 0.15) is 43.5 Å². The van der Waals surface area contributed by atoms with E-state index in [1.54, 1.807) is 13.8 Å². The van der Waals surface area contributed by atoms with Crippen LogP contribution in [0, 0.1) is 0 Å². The first kappa shape index (κ1) is 12.5. The van der Waals surface area contributed by atoms with Gasteiger partial charge in [0.05, 0.1) is 17.7 Å². The third kappa shape index (κ3) is 1.82. The van der Waals surface area contributed by atoms with Gasteiger partial charge in [0.25, 0.3) is 0 Å². The van der Waals surface area contributed by atoms with Gasteiger partial charge in [0.1, 0.15) is 6.61 Å². The van der Waals surface area contributed by atoms with E-state index in [2.05, 4.69) is 0 Å². The van der Waals surface area contributed by atoms with Crippen LogP contribution >= 0.6 is 0 Å². The first-order chi connectivity index (χ1) is 8.89. The lowest BCUT2D eigenvalue weighted by Gasteiger charge is -2.37. The molecule has 0 saturated carbocycles. The van der Waals surface area contributed by atoms with Crippen molar-refractivity contribution in [2.45, 2.75) is 44.9 Å².